The van der Waals surface area contributed by atoms with Crippen molar-refractivity contribution in [3.63, 3.8) is 0 Å². The van der Waals surface area contributed by atoms with E-state index in [0.29, 0.717) is 5.71 Å². The van der Waals surface area contributed by atoms with Gasteiger partial charge in [-0.3, -0.25) is 4.79 Å². The largest absolute Gasteiger partial charge is 0.361 e. The van der Waals surface area contributed by atoms with Crippen molar-refractivity contribution >= 4 is 17.3 Å². The molecule has 1 aliphatic carbocycles. The van der Waals surface area contributed by atoms with Gasteiger partial charge < -0.3 is 10.8 Å². The molecule has 2 rings (SSSR count). The molecule has 0 heterocycles. The summed E-state index contributed by atoms with van der Waals surface area (Å²) >= 11 is 0. The molecule has 0 aromatic heterocycles. The smallest absolute Gasteiger partial charge is 0.308 e. The molecule has 17 heavy (non-hydrogen) atoms. The van der Waals surface area contributed by atoms with E-state index in [1.807, 2.05) is 18.2 Å². The molecule has 0 bridgehead atoms. The summed E-state index contributed by atoms with van der Waals surface area (Å²) in [6, 6.07) is 9.16. The molecule has 1 atom stereocenters. The Bertz CT molecular complexity index is 525. The van der Waals surface area contributed by atoms with Crippen molar-refractivity contribution in [1.82, 2.24) is 0 Å². The van der Waals surface area contributed by atoms with Crippen molar-refractivity contribution in [2.24, 2.45) is 5.92 Å². The van der Waals surface area contributed by atoms with E-state index >= 15 is 0 Å². The van der Waals surface area contributed by atoms with Crippen LogP contribution in [0.1, 0.15) is 0 Å². The third-order valence-corrected chi connectivity index (χ3v) is 2.44. The highest BCUT2D eigenvalue weighted by atomic mass is 16.1. The van der Waals surface area contributed by atoms with Gasteiger partial charge in [-0.2, -0.15) is 4.79 Å². The summed E-state index contributed by atoms with van der Waals surface area (Å²) in [5.41, 5.74) is 9.85. The van der Waals surface area contributed by atoms with Crippen molar-refractivity contribution in [3.05, 3.63) is 60.2 Å². The maximum Gasteiger partial charge on any atom is 0.308 e. The number of allylic oxidation sites excluding steroid dienone is 3. The van der Waals surface area contributed by atoms with Gasteiger partial charge in [-0.05, 0) is 12.1 Å². The Morgan fingerprint density at radius 3 is 2.71 bits per heavy atom. The first kappa shape index (κ1) is 11.0. The van der Waals surface area contributed by atoms with Crippen LogP contribution in [-0.2, 0) is 4.79 Å². The Labute approximate surface area is 98.9 Å². The number of nitrogens with zero attached hydrogens (tertiary/aromatic N) is 2. The third-order valence-electron chi connectivity index (χ3n) is 2.44. The van der Waals surface area contributed by atoms with Crippen LogP contribution in [0.15, 0.2) is 54.6 Å². The van der Waals surface area contributed by atoms with Crippen molar-refractivity contribution in [2.75, 3.05) is 5.32 Å². The van der Waals surface area contributed by atoms with Crippen molar-refractivity contribution in [3.8, 4) is 0 Å². The third kappa shape index (κ3) is 2.56. The van der Waals surface area contributed by atoms with Gasteiger partial charge in [0.2, 0.25) is 5.91 Å². The van der Waals surface area contributed by atoms with E-state index in [1.165, 1.54) is 0 Å². The minimum Gasteiger partial charge on any atom is -0.361 e. The van der Waals surface area contributed by atoms with Crippen molar-refractivity contribution in [2.45, 2.75) is 0 Å². The van der Waals surface area contributed by atoms with Crippen molar-refractivity contribution in [1.29, 1.82) is 0 Å². The molecule has 0 saturated carbocycles. The Hall–Kier alpha value is -2.45. The quantitative estimate of drug-likeness (QED) is 0.607. The summed E-state index contributed by atoms with van der Waals surface area (Å²) in [6.07, 6.45) is 6.77. The molecule has 84 valence electrons. The van der Waals surface area contributed by atoms with Crippen LogP contribution in [0.5, 0.6) is 0 Å². The Morgan fingerprint density at radius 2 is 2.00 bits per heavy atom. The van der Waals surface area contributed by atoms with Crippen LogP contribution in [0, 0.1) is 5.92 Å². The molecule has 1 aromatic rings. The molecule has 1 aliphatic rings. The van der Waals surface area contributed by atoms with Gasteiger partial charge in [0.15, 0.2) is 5.92 Å². The normalized spacial score (nSPS) is 17.6. The summed E-state index contributed by atoms with van der Waals surface area (Å²) < 4.78 is 0. The summed E-state index contributed by atoms with van der Waals surface area (Å²) in [4.78, 5) is 15.1. The first-order valence-electron chi connectivity index (χ1n) is 5.24. The van der Waals surface area contributed by atoms with E-state index in [0.717, 1.165) is 5.69 Å². The van der Waals surface area contributed by atoms with E-state index in [1.54, 1.807) is 36.4 Å². The van der Waals surface area contributed by atoms with Gasteiger partial charge in [-0.25, -0.2) is 0 Å². The molecule has 1 unspecified atom stereocenters. The van der Waals surface area contributed by atoms with Crippen LogP contribution < -0.4 is 5.32 Å². The first-order chi connectivity index (χ1) is 8.31. The predicted octanol–water partition coefficient (Wildman–Crippen LogP) is 2.04. The van der Waals surface area contributed by atoms with Crippen LogP contribution in [0.2, 0.25) is 0 Å². The lowest BCUT2D eigenvalue weighted by atomic mass is 9.97. The molecule has 1 aromatic carbocycles. The molecule has 4 nitrogen and oxygen atoms in total. The van der Waals surface area contributed by atoms with Gasteiger partial charge in [0.25, 0.3) is 0 Å². The van der Waals surface area contributed by atoms with Crippen molar-refractivity contribution < 1.29 is 9.58 Å². The average Bonchev–Trinajstić information content (AvgIpc) is 2.40. The van der Waals surface area contributed by atoms with Crippen LogP contribution >= 0.6 is 0 Å². The zero-order valence-electron chi connectivity index (χ0n) is 9.08. The minimum atomic E-state index is -0.551. The first-order valence-corrected chi connectivity index (χ1v) is 5.24. The number of amides is 1. The van der Waals surface area contributed by atoms with Crippen LogP contribution in [-0.4, -0.2) is 16.4 Å². The topological polar surface area (TPSA) is 65.5 Å². The molecule has 4 heteroatoms. The van der Waals surface area contributed by atoms with Gasteiger partial charge in [-0.1, -0.05) is 36.4 Å². The predicted molar refractivity (Wildman–Crippen MR) is 65.5 cm³/mol. The standard InChI is InChI=1S/C13H11N3O/c14-16-12-9-5-4-8-11(12)13(17)15-10-6-2-1-3-7-10/h1-9,11H,(H,15,17). The highest BCUT2D eigenvalue weighted by Crippen LogP contribution is 2.12. The highest BCUT2D eigenvalue weighted by molar-refractivity contribution is 6.13. The molecule has 0 aliphatic heterocycles. The van der Waals surface area contributed by atoms with Crippen LogP contribution in [0.25, 0.3) is 5.53 Å². The number of benzene rings is 1. The Morgan fingerprint density at radius 1 is 1.24 bits per heavy atom. The number of carbonyl (C=O) groups excluding carboxylic acids is 1. The second-order valence-electron chi connectivity index (χ2n) is 3.60. The average molecular weight is 225 g/mol. The molecular formula is C13H11N3O. The van der Waals surface area contributed by atoms with Gasteiger partial charge in [0, 0.05) is 11.8 Å². The summed E-state index contributed by atoms with van der Waals surface area (Å²) in [5, 5.41) is 2.76. The molecule has 0 spiro atoms. The van der Waals surface area contributed by atoms with E-state index in [-0.39, 0.29) is 5.91 Å². The highest BCUT2D eigenvalue weighted by Gasteiger charge is 2.27. The molecule has 0 fully saturated rings. The second-order valence-corrected chi connectivity index (χ2v) is 3.60. The van der Waals surface area contributed by atoms with Gasteiger partial charge in [-0.15, -0.1) is 0 Å². The molecule has 0 radical (unpaired) electrons. The van der Waals surface area contributed by atoms with E-state index in [4.69, 9.17) is 5.53 Å². The number of anilines is 1. The number of nitrogens with one attached hydrogen (secondary N) is 1. The fourth-order valence-electron chi connectivity index (χ4n) is 1.59. The summed E-state index contributed by atoms with van der Waals surface area (Å²) in [7, 11) is 0. The fraction of sp³-hybridized carbons (Fsp3) is 0.0769. The lowest BCUT2D eigenvalue weighted by molar-refractivity contribution is -0.117. The van der Waals surface area contributed by atoms with E-state index < -0.39 is 5.92 Å². The maximum atomic E-state index is 11.9. The summed E-state index contributed by atoms with van der Waals surface area (Å²) in [5.74, 6) is -0.769. The van der Waals surface area contributed by atoms with Crippen LogP contribution in [0.4, 0.5) is 5.69 Å². The molecular weight excluding hydrogens is 214 g/mol. The number of para-hydroxylation sites is 1. The summed E-state index contributed by atoms with van der Waals surface area (Å²) in [6.45, 7) is 0. The monoisotopic (exact) mass is 225 g/mol. The number of rotatable bonds is 2. The molecule has 0 saturated heterocycles. The Balaban J connectivity index is 2.13. The number of hydrogen-bond donors (Lipinski definition) is 1. The zero-order chi connectivity index (χ0) is 12.1. The SMILES string of the molecule is [N-]=[N+]=C1C=CC=CC1C(=O)Nc1ccccc1. The number of hydrogen-bond acceptors (Lipinski definition) is 1. The molecule has 1 amide bonds. The Kier molecular flexibility index (Phi) is 3.28. The van der Waals surface area contributed by atoms with Gasteiger partial charge in [0.1, 0.15) is 0 Å². The lowest BCUT2D eigenvalue weighted by Gasteiger charge is -2.09. The molecule has 1 N–H and O–H groups in total. The minimum absolute atomic E-state index is 0.218. The second kappa shape index (κ2) is 5.05. The lowest BCUT2D eigenvalue weighted by Crippen LogP contribution is -2.28. The van der Waals surface area contributed by atoms with Crippen LogP contribution in [0.3, 0.4) is 0 Å². The zero-order valence-corrected chi connectivity index (χ0v) is 9.08. The van der Waals surface area contributed by atoms with Gasteiger partial charge in [0.05, 0.1) is 0 Å². The number of carbonyl (C=O) groups is 1. The fourth-order valence-corrected chi connectivity index (χ4v) is 1.59. The van der Waals surface area contributed by atoms with Gasteiger partial charge >= 0.3 is 5.71 Å². The van der Waals surface area contributed by atoms with E-state index in [2.05, 4.69) is 10.1 Å². The van der Waals surface area contributed by atoms with E-state index in [9.17, 15) is 4.79 Å². The maximum absolute atomic E-state index is 11.9.